The van der Waals surface area contributed by atoms with E-state index in [4.69, 9.17) is 4.74 Å². The van der Waals surface area contributed by atoms with Crippen LogP contribution in [0.2, 0.25) is 0 Å². The molecule has 0 spiro atoms. The number of nitro groups is 1. The molecule has 0 radical (unpaired) electrons. The number of thioether (sulfide) groups is 1. The maximum atomic E-state index is 12.9. The van der Waals surface area contributed by atoms with Crippen molar-refractivity contribution in [2.24, 2.45) is 0 Å². The summed E-state index contributed by atoms with van der Waals surface area (Å²) in [6.45, 7) is -0.214. The van der Waals surface area contributed by atoms with Crippen molar-refractivity contribution in [3.63, 3.8) is 0 Å². The molecule has 1 heterocycles. The molecule has 3 aromatic rings. The first-order valence-electron chi connectivity index (χ1n) is 10.8. The van der Waals surface area contributed by atoms with Crippen molar-refractivity contribution in [3.8, 4) is 5.75 Å². The van der Waals surface area contributed by atoms with Crippen LogP contribution in [0.3, 0.4) is 0 Å². The summed E-state index contributed by atoms with van der Waals surface area (Å²) in [5.74, 6) is -0.529. The van der Waals surface area contributed by atoms with E-state index in [1.54, 1.807) is 42.5 Å². The molecule has 1 fully saturated rings. The highest BCUT2D eigenvalue weighted by atomic mass is 127. The molecule has 1 aliphatic rings. The minimum Gasteiger partial charge on any atom is -0.487 e. The van der Waals surface area contributed by atoms with Gasteiger partial charge in [-0.2, -0.15) is 0 Å². The number of rotatable bonds is 8. The molecule has 38 heavy (non-hydrogen) atoms. The number of ether oxygens (including phenoxy) is 1. The molecule has 3 aromatic carbocycles. The van der Waals surface area contributed by atoms with Gasteiger partial charge >= 0.3 is 0 Å². The number of nitrogens with zero attached hydrogens (tertiary/aromatic N) is 2. The summed E-state index contributed by atoms with van der Waals surface area (Å²) in [6, 6.07) is 16.7. The quantitative estimate of drug-likeness (QED) is 0.114. The van der Waals surface area contributed by atoms with Crippen molar-refractivity contribution in [1.82, 2.24) is 4.90 Å². The van der Waals surface area contributed by atoms with E-state index in [9.17, 15) is 24.5 Å². The first-order chi connectivity index (χ1) is 18.1. The Bertz CT molecular complexity index is 1440. The third-order valence-electron chi connectivity index (χ3n) is 5.15. The number of imide groups is 1. The number of hydrogen-bond donors (Lipinski definition) is 1. The standard InChI is InChI=1S/C25H16Br2IN3O6S/c26-19-9-15(10-20(27)23(19)37-13-14-1-7-18(8-2-14)31(35)36)11-21-24(33)30(25(34)38-21)12-22(32)29-17-5-3-16(28)4-6-17/h1-11H,12-13H2,(H,29,32)/b21-11-. The molecule has 13 heteroatoms. The third kappa shape index (κ3) is 7.01. The Morgan fingerprint density at radius 3 is 2.32 bits per heavy atom. The fraction of sp³-hybridized carbons (Fsp3) is 0.0800. The van der Waals surface area contributed by atoms with E-state index in [2.05, 4.69) is 59.8 Å². The van der Waals surface area contributed by atoms with Gasteiger partial charge in [0, 0.05) is 21.4 Å². The van der Waals surface area contributed by atoms with Crippen LogP contribution in [0.15, 0.2) is 74.5 Å². The smallest absolute Gasteiger partial charge is 0.294 e. The fourth-order valence-electron chi connectivity index (χ4n) is 3.34. The SMILES string of the molecule is O=C(CN1C(=O)S/C(=C\c2cc(Br)c(OCc3ccc([N+](=O)[O-])cc3)c(Br)c2)C1=O)Nc1ccc(I)cc1. The number of non-ortho nitro benzene ring substituents is 1. The summed E-state index contributed by atoms with van der Waals surface area (Å²) >= 11 is 9.84. The zero-order chi connectivity index (χ0) is 27.4. The maximum absolute atomic E-state index is 12.9. The van der Waals surface area contributed by atoms with Crippen molar-refractivity contribution < 1.29 is 24.0 Å². The fourth-order valence-corrected chi connectivity index (χ4v) is 5.98. The predicted octanol–water partition coefficient (Wildman–Crippen LogP) is 6.98. The van der Waals surface area contributed by atoms with Crippen LogP contribution in [0, 0.1) is 13.7 Å². The number of carbonyl (C=O) groups excluding carboxylic acids is 3. The molecule has 0 saturated carbocycles. The maximum Gasteiger partial charge on any atom is 0.294 e. The number of amides is 3. The molecule has 0 bridgehead atoms. The molecule has 3 amide bonds. The molecule has 0 aliphatic carbocycles. The predicted molar refractivity (Wildman–Crippen MR) is 160 cm³/mol. The van der Waals surface area contributed by atoms with E-state index >= 15 is 0 Å². The van der Waals surface area contributed by atoms with Gasteiger partial charge in [-0.3, -0.25) is 29.4 Å². The number of nitro benzene ring substituents is 1. The number of anilines is 1. The molecule has 194 valence electrons. The van der Waals surface area contributed by atoms with Crippen LogP contribution in [-0.4, -0.2) is 33.4 Å². The van der Waals surface area contributed by atoms with Crippen LogP contribution in [0.5, 0.6) is 5.75 Å². The zero-order valence-corrected chi connectivity index (χ0v) is 25.3. The molecule has 1 N–H and O–H groups in total. The average Bonchev–Trinajstić information content (AvgIpc) is 3.12. The first kappa shape index (κ1) is 28.3. The van der Waals surface area contributed by atoms with E-state index < -0.39 is 28.5 Å². The largest absolute Gasteiger partial charge is 0.487 e. The summed E-state index contributed by atoms with van der Waals surface area (Å²) < 4.78 is 8.07. The number of hydrogen-bond acceptors (Lipinski definition) is 7. The summed E-state index contributed by atoms with van der Waals surface area (Å²) in [6.07, 6.45) is 1.57. The molecule has 9 nitrogen and oxygen atoms in total. The summed E-state index contributed by atoms with van der Waals surface area (Å²) in [4.78, 5) is 49.2. The second kappa shape index (κ2) is 12.4. The molecule has 1 aliphatic heterocycles. The lowest BCUT2D eigenvalue weighted by Crippen LogP contribution is -2.36. The zero-order valence-electron chi connectivity index (χ0n) is 19.2. The van der Waals surface area contributed by atoms with Crippen molar-refractivity contribution >= 4 is 101 Å². The van der Waals surface area contributed by atoms with Crippen molar-refractivity contribution in [2.45, 2.75) is 6.61 Å². The van der Waals surface area contributed by atoms with Gasteiger partial charge in [0.05, 0.1) is 18.8 Å². The normalized spacial score (nSPS) is 14.2. The number of halogens is 3. The first-order valence-corrected chi connectivity index (χ1v) is 14.2. The Kier molecular flexibility index (Phi) is 9.23. The van der Waals surface area contributed by atoms with Gasteiger partial charge in [-0.05, 0) is 132 Å². The second-order valence-electron chi connectivity index (χ2n) is 7.85. The van der Waals surface area contributed by atoms with Crippen LogP contribution in [0.25, 0.3) is 6.08 Å². The monoisotopic (exact) mass is 771 g/mol. The van der Waals surface area contributed by atoms with Crippen molar-refractivity contribution in [3.05, 3.63) is 99.3 Å². The summed E-state index contributed by atoms with van der Waals surface area (Å²) in [7, 11) is 0. The van der Waals surface area contributed by atoms with E-state index in [1.165, 1.54) is 12.1 Å². The van der Waals surface area contributed by atoms with Gasteiger partial charge in [0.1, 0.15) is 18.9 Å². The highest BCUT2D eigenvalue weighted by Crippen LogP contribution is 2.38. The Balaban J connectivity index is 1.42. The molecular weight excluding hydrogens is 757 g/mol. The molecule has 4 rings (SSSR count). The van der Waals surface area contributed by atoms with E-state index in [0.29, 0.717) is 25.9 Å². The Labute approximate surface area is 251 Å². The molecule has 0 atom stereocenters. The Hall–Kier alpha value is -2.75. The second-order valence-corrected chi connectivity index (χ2v) is 11.8. The van der Waals surface area contributed by atoms with Crippen LogP contribution in [0.1, 0.15) is 11.1 Å². The van der Waals surface area contributed by atoms with Gasteiger partial charge in [-0.15, -0.1) is 0 Å². The van der Waals surface area contributed by atoms with Gasteiger partial charge in [-0.1, -0.05) is 0 Å². The minimum atomic E-state index is -0.552. The van der Waals surface area contributed by atoms with Gasteiger partial charge < -0.3 is 10.1 Å². The number of carbonyl (C=O) groups is 3. The lowest BCUT2D eigenvalue weighted by molar-refractivity contribution is -0.384. The Morgan fingerprint density at radius 2 is 1.71 bits per heavy atom. The molecular formula is C25H16Br2IN3O6S. The average molecular weight is 773 g/mol. The van der Waals surface area contributed by atoms with Gasteiger partial charge in [0.15, 0.2) is 0 Å². The molecule has 1 saturated heterocycles. The van der Waals surface area contributed by atoms with E-state index in [0.717, 1.165) is 25.8 Å². The van der Waals surface area contributed by atoms with Gasteiger partial charge in [0.2, 0.25) is 5.91 Å². The van der Waals surface area contributed by atoms with Crippen LogP contribution in [-0.2, 0) is 16.2 Å². The summed E-state index contributed by atoms with van der Waals surface area (Å²) in [5.41, 5.74) is 1.94. The van der Waals surface area contributed by atoms with Gasteiger partial charge in [-0.25, -0.2) is 0 Å². The lowest BCUT2D eigenvalue weighted by Gasteiger charge is -2.13. The van der Waals surface area contributed by atoms with Crippen LogP contribution in [0.4, 0.5) is 16.2 Å². The topological polar surface area (TPSA) is 119 Å². The number of benzene rings is 3. The van der Waals surface area contributed by atoms with Crippen molar-refractivity contribution in [2.75, 3.05) is 11.9 Å². The molecule has 0 unspecified atom stereocenters. The third-order valence-corrected chi connectivity index (χ3v) is 7.96. The minimum absolute atomic E-state index is 0.00323. The highest BCUT2D eigenvalue weighted by molar-refractivity contribution is 14.1. The number of nitrogens with one attached hydrogen (secondary N) is 1. The Morgan fingerprint density at radius 1 is 1.08 bits per heavy atom. The van der Waals surface area contributed by atoms with Crippen LogP contribution < -0.4 is 10.1 Å². The summed E-state index contributed by atoms with van der Waals surface area (Å²) in [5, 5.41) is 13.0. The molecule has 0 aromatic heterocycles. The highest BCUT2D eigenvalue weighted by Gasteiger charge is 2.36. The van der Waals surface area contributed by atoms with E-state index in [1.807, 2.05) is 12.1 Å². The van der Waals surface area contributed by atoms with Crippen LogP contribution >= 0.6 is 66.2 Å². The van der Waals surface area contributed by atoms with Crippen molar-refractivity contribution in [1.29, 1.82) is 0 Å². The lowest BCUT2D eigenvalue weighted by atomic mass is 10.2. The van der Waals surface area contributed by atoms with Gasteiger partial charge in [0.25, 0.3) is 16.8 Å². The van der Waals surface area contributed by atoms with E-state index in [-0.39, 0.29) is 17.2 Å².